The number of aromatic nitrogens is 1. The second-order valence-electron chi connectivity index (χ2n) is 6.29. The van der Waals surface area contributed by atoms with E-state index in [1.54, 1.807) is 12.4 Å². The highest BCUT2D eigenvalue weighted by atomic mass is 16.2. The van der Waals surface area contributed by atoms with Gasteiger partial charge in [0.15, 0.2) is 0 Å². The Labute approximate surface area is 152 Å². The highest BCUT2D eigenvalue weighted by Crippen LogP contribution is 2.22. The molecule has 0 saturated carbocycles. The van der Waals surface area contributed by atoms with E-state index in [0.717, 1.165) is 11.1 Å². The maximum Gasteiger partial charge on any atom is 0.289 e. The Hall–Kier alpha value is -3.02. The molecule has 0 aliphatic carbocycles. The molecule has 1 unspecified atom stereocenters. The zero-order valence-electron chi connectivity index (χ0n) is 14.4. The second kappa shape index (κ2) is 8.38. The zero-order valence-corrected chi connectivity index (χ0v) is 14.4. The summed E-state index contributed by atoms with van der Waals surface area (Å²) in [7, 11) is 0. The Kier molecular flexibility index (Phi) is 5.73. The van der Waals surface area contributed by atoms with Gasteiger partial charge in [-0.15, -0.1) is 0 Å². The van der Waals surface area contributed by atoms with Crippen molar-refractivity contribution in [2.45, 2.75) is 31.8 Å². The molecule has 1 N–H and O–H groups in total. The smallest absolute Gasteiger partial charge is 0.289 e. The molecular formula is C20H21N3O3. The van der Waals surface area contributed by atoms with Gasteiger partial charge >= 0.3 is 0 Å². The first-order chi connectivity index (χ1) is 12.6. The summed E-state index contributed by atoms with van der Waals surface area (Å²) in [4.78, 5) is 42.3. The lowest BCUT2D eigenvalue weighted by molar-refractivity contribution is -0.143. The molecule has 134 valence electrons. The molecule has 0 bridgehead atoms. The first-order valence-corrected chi connectivity index (χ1v) is 8.69. The number of carbonyl (C=O) groups is 3. The van der Waals surface area contributed by atoms with Gasteiger partial charge in [0.25, 0.3) is 5.91 Å². The minimum Gasteiger partial charge on any atom is -0.349 e. The molecule has 6 nitrogen and oxygen atoms in total. The molecule has 2 amide bonds. The molecule has 2 heterocycles. The topological polar surface area (TPSA) is 79.4 Å². The number of Topliss-reactive ketones (excluding diaryl/α,β-unsaturated/α-hetero) is 1. The highest BCUT2D eigenvalue weighted by molar-refractivity contribution is 6.38. The predicted octanol–water partition coefficient (Wildman–Crippen LogP) is 1.50. The van der Waals surface area contributed by atoms with Crippen LogP contribution in [0.4, 0.5) is 0 Å². The number of hydrogen-bond acceptors (Lipinski definition) is 4. The van der Waals surface area contributed by atoms with Crippen molar-refractivity contribution in [2.75, 3.05) is 6.54 Å². The maximum absolute atomic E-state index is 12.5. The van der Waals surface area contributed by atoms with Crippen LogP contribution in [0, 0.1) is 0 Å². The van der Waals surface area contributed by atoms with Gasteiger partial charge in [0.2, 0.25) is 11.7 Å². The van der Waals surface area contributed by atoms with Crippen molar-refractivity contribution in [1.82, 2.24) is 15.2 Å². The molecule has 1 aliphatic heterocycles. The lowest BCUT2D eigenvalue weighted by atomic mass is 10.1. The SMILES string of the molecule is O=C(NCCc1ccncc1)C(=O)C1CCC(=O)N1Cc1ccccc1. The van der Waals surface area contributed by atoms with Gasteiger partial charge in [0.1, 0.15) is 6.04 Å². The molecule has 1 aliphatic rings. The third-order valence-electron chi connectivity index (χ3n) is 4.50. The molecule has 1 fully saturated rings. The summed E-state index contributed by atoms with van der Waals surface area (Å²) in [6.45, 7) is 0.717. The fourth-order valence-corrected chi connectivity index (χ4v) is 3.09. The van der Waals surface area contributed by atoms with Crippen molar-refractivity contribution in [3.8, 4) is 0 Å². The van der Waals surface area contributed by atoms with Gasteiger partial charge in [-0.05, 0) is 36.1 Å². The minimum absolute atomic E-state index is 0.0863. The summed E-state index contributed by atoms with van der Waals surface area (Å²) >= 11 is 0. The number of rotatable bonds is 7. The van der Waals surface area contributed by atoms with Gasteiger partial charge in [-0.25, -0.2) is 0 Å². The molecular weight excluding hydrogens is 330 g/mol. The number of hydrogen-bond donors (Lipinski definition) is 1. The normalized spacial score (nSPS) is 16.5. The van der Waals surface area contributed by atoms with E-state index in [0.29, 0.717) is 32.4 Å². The molecule has 0 spiro atoms. The van der Waals surface area contributed by atoms with Crippen molar-refractivity contribution in [2.24, 2.45) is 0 Å². The number of benzene rings is 1. The number of nitrogens with zero attached hydrogens (tertiary/aromatic N) is 2. The van der Waals surface area contributed by atoms with Gasteiger partial charge in [-0.2, -0.15) is 0 Å². The Morgan fingerprint density at radius 2 is 1.81 bits per heavy atom. The molecule has 3 rings (SSSR count). The lowest BCUT2D eigenvalue weighted by Gasteiger charge is -2.23. The Morgan fingerprint density at radius 3 is 2.54 bits per heavy atom. The molecule has 1 atom stereocenters. The number of nitrogens with one attached hydrogen (secondary N) is 1. The fraction of sp³-hybridized carbons (Fsp3) is 0.300. The molecule has 26 heavy (non-hydrogen) atoms. The lowest BCUT2D eigenvalue weighted by Crippen LogP contribution is -2.45. The predicted molar refractivity (Wildman–Crippen MR) is 96.0 cm³/mol. The maximum atomic E-state index is 12.5. The van der Waals surface area contributed by atoms with E-state index < -0.39 is 17.7 Å². The molecule has 1 aromatic heterocycles. The molecule has 2 aromatic rings. The van der Waals surface area contributed by atoms with Crippen molar-refractivity contribution >= 4 is 17.6 Å². The molecule has 1 saturated heterocycles. The first kappa shape index (κ1) is 17.8. The van der Waals surface area contributed by atoms with E-state index in [2.05, 4.69) is 10.3 Å². The van der Waals surface area contributed by atoms with Gasteiger partial charge in [-0.3, -0.25) is 19.4 Å². The number of likely N-dealkylation sites (tertiary alicyclic amines) is 1. The quantitative estimate of drug-likeness (QED) is 0.767. The molecule has 1 aromatic carbocycles. The first-order valence-electron chi connectivity index (χ1n) is 8.69. The van der Waals surface area contributed by atoms with E-state index in [1.165, 1.54) is 4.90 Å². The van der Waals surface area contributed by atoms with Crippen LogP contribution in [0.2, 0.25) is 0 Å². The Bertz CT molecular complexity index is 777. The van der Waals surface area contributed by atoms with Crippen LogP contribution in [0.15, 0.2) is 54.9 Å². The number of pyridine rings is 1. The monoisotopic (exact) mass is 351 g/mol. The number of ketones is 1. The summed E-state index contributed by atoms with van der Waals surface area (Å²) < 4.78 is 0. The van der Waals surface area contributed by atoms with E-state index in [4.69, 9.17) is 0 Å². The summed E-state index contributed by atoms with van der Waals surface area (Å²) in [6, 6.07) is 12.5. The standard InChI is InChI=1S/C20H21N3O3/c24-18-7-6-17(23(18)14-16-4-2-1-3-5-16)19(25)20(26)22-13-10-15-8-11-21-12-9-15/h1-5,8-9,11-12,17H,6-7,10,13-14H2,(H,22,26). The van der Waals surface area contributed by atoms with E-state index in [1.807, 2.05) is 42.5 Å². The third kappa shape index (κ3) is 4.33. The van der Waals surface area contributed by atoms with Gasteiger partial charge in [0.05, 0.1) is 0 Å². The van der Waals surface area contributed by atoms with Crippen molar-refractivity contribution < 1.29 is 14.4 Å². The van der Waals surface area contributed by atoms with Crippen LogP contribution < -0.4 is 5.32 Å². The van der Waals surface area contributed by atoms with Crippen molar-refractivity contribution in [1.29, 1.82) is 0 Å². The average molecular weight is 351 g/mol. The van der Waals surface area contributed by atoms with E-state index in [-0.39, 0.29) is 5.91 Å². The molecule has 6 heteroatoms. The highest BCUT2D eigenvalue weighted by Gasteiger charge is 2.38. The number of amides is 2. The molecule has 0 radical (unpaired) electrons. The van der Waals surface area contributed by atoms with Gasteiger partial charge in [0, 0.05) is 31.9 Å². The van der Waals surface area contributed by atoms with E-state index in [9.17, 15) is 14.4 Å². The van der Waals surface area contributed by atoms with Crippen LogP contribution in [-0.2, 0) is 27.3 Å². The second-order valence-corrected chi connectivity index (χ2v) is 6.29. The van der Waals surface area contributed by atoms with Crippen LogP contribution in [-0.4, -0.2) is 40.1 Å². The summed E-state index contributed by atoms with van der Waals surface area (Å²) in [5.74, 6) is -1.25. The Morgan fingerprint density at radius 1 is 1.08 bits per heavy atom. The minimum atomic E-state index is -0.677. The van der Waals surface area contributed by atoms with Gasteiger partial charge in [-0.1, -0.05) is 30.3 Å². The van der Waals surface area contributed by atoms with Crippen molar-refractivity contribution in [3.63, 3.8) is 0 Å². The van der Waals surface area contributed by atoms with Crippen LogP contribution >= 0.6 is 0 Å². The summed E-state index contributed by atoms with van der Waals surface area (Å²) in [5, 5.41) is 2.66. The van der Waals surface area contributed by atoms with Crippen LogP contribution in [0.3, 0.4) is 0 Å². The Balaban J connectivity index is 1.56. The van der Waals surface area contributed by atoms with Crippen LogP contribution in [0.5, 0.6) is 0 Å². The fourth-order valence-electron chi connectivity index (χ4n) is 3.09. The zero-order chi connectivity index (χ0) is 18.4. The number of carbonyl (C=O) groups excluding carboxylic acids is 3. The summed E-state index contributed by atoms with van der Waals surface area (Å²) in [5.41, 5.74) is 1.98. The van der Waals surface area contributed by atoms with E-state index >= 15 is 0 Å². The van der Waals surface area contributed by atoms with Gasteiger partial charge < -0.3 is 10.2 Å². The van der Waals surface area contributed by atoms with Crippen LogP contribution in [0.1, 0.15) is 24.0 Å². The summed E-state index contributed by atoms with van der Waals surface area (Å²) in [6.07, 6.45) is 4.69. The third-order valence-corrected chi connectivity index (χ3v) is 4.50. The average Bonchev–Trinajstić information content (AvgIpc) is 3.03. The largest absolute Gasteiger partial charge is 0.349 e. The van der Waals surface area contributed by atoms with Crippen molar-refractivity contribution in [3.05, 3.63) is 66.0 Å². The van der Waals surface area contributed by atoms with Crippen LogP contribution in [0.25, 0.3) is 0 Å².